The molecule has 0 unspecified atom stereocenters. The summed E-state index contributed by atoms with van der Waals surface area (Å²) < 4.78 is 0. The van der Waals surface area contributed by atoms with Gasteiger partial charge in [0.2, 0.25) is 0 Å². The molecular formula is C26H28N2O. The highest BCUT2D eigenvalue weighted by Crippen LogP contribution is 2.35. The average Bonchev–Trinajstić information content (AvgIpc) is 2.90. The lowest BCUT2D eigenvalue weighted by atomic mass is 10.0. The van der Waals surface area contributed by atoms with Crippen molar-refractivity contribution in [2.75, 3.05) is 25.0 Å². The van der Waals surface area contributed by atoms with E-state index >= 15 is 0 Å². The SMILES string of the molecule is Cc1cccc(C(=O)N(C)CCCN2c3ccccc3CCc3ccccc32)c1. The highest BCUT2D eigenvalue weighted by atomic mass is 16.2. The number of aryl methyl sites for hydroxylation is 3. The Bertz CT molecular complexity index is 963. The summed E-state index contributed by atoms with van der Waals surface area (Å²) >= 11 is 0. The third-order valence-electron chi connectivity index (χ3n) is 5.72. The highest BCUT2D eigenvalue weighted by Gasteiger charge is 2.20. The van der Waals surface area contributed by atoms with E-state index in [4.69, 9.17) is 0 Å². The normalized spacial score (nSPS) is 12.7. The summed E-state index contributed by atoms with van der Waals surface area (Å²) in [6, 6.07) is 25.2. The minimum atomic E-state index is 0.0883. The fourth-order valence-corrected chi connectivity index (χ4v) is 4.18. The van der Waals surface area contributed by atoms with Gasteiger partial charge in [0.05, 0.1) is 0 Å². The molecule has 0 N–H and O–H groups in total. The van der Waals surface area contributed by atoms with Gasteiger partial charge < -0.3 is 9.80 Å². The Morgan fingerprint density at radius 2 is 1.52 bits per heavy atom. The van der Waals surface area contributed by atoms with Crippen LogP contribution < -0.4 is 4.90 Å². The van der Waals surface area contributed by atoms with Gasteiger partial charge in [-0.2, -0.15) is 0 Å². The molecule has 0 aliphatic carbocycles. The lowest BCUT2D eigenvalue weighted by Gasteiger charge is -2.28. The zero-order valence-corrected chi connectivity index (χ0v) is 17.3. The topological polar surface area (TPSA) is 23.6 Å². The van der Waals surface area contributed by atoms with Crippen molar-refractivity contribution in [2.24, 2.45) is 0 Å². The maximum Gasteiger partial charge on any atom is 0.253 e. The lowest BCUT2D eigenvalue weighted by molar-refractivity contribution is 0.0794. The zero-order valence-electron chi connectivity index (χ0n) is 17.3. The van der Waals surface area contributed by atoms with E-state index in [9.17, 15) is 4.79 Å². The summed E-state index contributed by atoms with van der Waals surface area (Å²) in [5.41, 5.74) is 7.26. The molecule has 3 aromatic rings. The van der Waals surface area contributed by atoms with E-state index in [0.717, 1.165) is 43.5 Å². The summed E-state index contributed by atoms with van der Waals surface area (Å²) in [6.07, 6.45) is 3.04. The number of rotatable bonds is 5. The Hall–Kier alpha value is -3.07. The number of amides is 1. The van der Waals surface area contributed by atoms with Crippen molar-refractivity contribution < 1.29 is 4.79 Å². The quantitative estimate of drug-likeness (QED) is 0.588. The van der Waals surface area contributed by atoms with Gasteiger partial charge in [-0.25, -0.2) is 0 Å². The van der Waals surface area contributed by atoms with E-state index < -0.39 is 0 Å². The molecule has 4 rings (SSSR count). The summed E-state index contributed by atoms with van der Waals surface area (Å²) in [6.45, 7) is 3.64. The van der Waals surface area contributed by atoms with Crippen LogP contribution in [0.4, 0.5) is 11.4 Å². The van der Waals surface area contributed by atoms with Crippen LogP contribution in [0.2, 0.25) is 0 Å². The van der Waals surface area contributed by atoms with E-state index in [-0.39, 0.29) is 5.91 Å². The fraction of sp³-hybridized carbons (Fsp3) is 0.269. The molecule has 3 aromatic carbocycles. The molecule has 1 heterocycles. The number of hydrogen-bond donors (Lipinski definition) is 0. The van der Waals surface area contributed by atoms with Crippen LogP contribution in [-0.2, 0) is 12.8 Å². The van der Waals surface area contributed by atoms with Crippen LogP contribution in [0, 0.1) is 6.92 Å². The first-order valence-corrected chi connectivity index (χ1v) is 10.4. The van der Waals surface area contributed by atoms with E-state index in [1.165, 1.54) is 22.5 Å². The van der Waals surface area contributed by atoms with Crippen molar-refractivity contribution in [3.05, 3.63) is 95.1 Å². The Balaban J connectivity index is 1.49. The van der Waals surface area contributed by atoms with Gasteiger partial charge in [0.25, 0.3) is 5.91 Å². The molecule has 0 radical (unpaired) electrons. The molecule has 0 spiro atoms. The smallest absolute Gasteiger partial charge is 0.253 e. The molecule has 148 valence electrons. The van der Waals surface area contributed by atoms with Gasteiger partial charge in [-0.1, -0.05) is 54.1 Å². The van der Waals surface area contributed by atoms with E-state index in [1.807, 2.05) is 43.1 Å². The molecule has 3 nitrogen and oxygen atoms in total. The first-order chi connectivity index (χ1) is 14.1. The Labute approximate surface area is 173 Å². The van der Waals surface area contributed by atoms with E-state index in [1.54, 1.807) is 0 Å². The molecule has 0 aromatic heterocycles. The largest absolute Gasteiger partial charge is 0.342 e. The summed E-state index contributed by atoms with van der Waals surface area (Å²) in [5, 5.41) is 0. The van der Waals surface area contributed by atoms with Gasteiger partial charge >= 0.3 is 0 Å². The number of para-hydroxylation sites is 2. The molecular weight excluding hydrogens is 356 g/mol. The van der Waals surface area contributed by atoms with Gasteiger partial charge in [-0.05, 0) is 61.6 Å². The van der Waals surface area contributed by atoms with Crippen molar-refractivity contribution in [1.82, 2.24) is 4.90 Å². The Morgan fingerprint density at radius 3 is 2.14 bits per heavy atom. The zero-order chi connectivity index (χ0) is 20.2. The van der Waals surface area contributed by atoms with E-state index in [2.05, 4.69) is 53.4 Å². The summed E-state index contributed by atoms with van der Waals surface area (Å²) in [5.74, 6) is 0.0883. The molecule has 0 saturated carbocycles. The maximum atomic E-state index is 12.7. The number of benzene rings is 3. The number of hydrogen-bond acceptors (Lipinski definition) is 2. The van der Waals surface area contributed by atoms with Gasteiger partial charge in [0.15, 0.2) is 0 Å². The molecule has 0 bridgehead atoms. The summed E-state index contributed by atoms with van der Waals surface area (Å²) in [7, 11) is 1.90. The molecule has 0 saturated heterocycles. The molecule has 1 aliphatic heterocycles. The van der Waals surface area contributed by atoms with Crippen molar-refractivity contribution >= 4 is 17.3 Å². The molecule has 0 fully saturated rings. The van der Waals surface area contributed by atoms with Crippen LogP contribution in [0.25, 0.3) is 0 Å². The minimum Gasteiger partial charge on any atom is -0.342 e. The maximum absolute atomic E-state index is 12.7. The van der Waals surface area contributed by atoms with Crippen LogP contribution in [0.1, 0.15) is 33.5 Å². The minimum absolute atomic E-state index is 0.0883. The number of carbonyl (C=O) groups is 1. The third kappa shape index (κ3) is 4.19. The lowest BCUT2D eigenvalue weighted by Crippen LogP contribution is -2.30. The van der Waals surface area contributed by atoms with Gasteiger partial charge in [-0.3, -0.25) is 4.79 Å². The van der Waals surface area contributed by atoms with Crippen LogP contribution in [0.15, 0.2) is 72.8 Å². The van der Waals surface area contributed by atoms with Gasteiger partial charge in [0.1, 0.15) is 0 Å². The number of carbonyl (C=O) groups excluding carboxylic acids is 1. The predicted octanol–water partition coefficient (Wildman–Crippen LogP) is 5.39. The van der Waals surface area contributed by atoms with Crippen LogP contribution >= 0.6 is 0 Å². The van der Waals surface area contributed by atoms with Crippen molar-refractivity contribution in [2.45, 2.75) is 26.2 Å². The monoisotopic (exact) mass is 384 g/mol. The van der Waals surface area contributed by atoms with E-state index in [0.29, 0.717) is 0 Å². The second-order valence-corrected chi connectivity index (χ2v) is 7.86. The second kappa shape index (κ2) is 8.52. The molecule has 1 aliphatic rings. The molecule has 29 heavy (non-hydrogen) atoms. The van der Waals surface area contributed by atoms with Crippen molar-refractivity contribution in [3.63, 3.8) is 0 Å². The van der Waals surface area contributed by atoms with Crippen molar-refractivity contribution in [1.29, 1.82) is 0 Å². The molecule has 1 amide bonds. The Kier molecular flexibility index (Phi) is 5.66. The first-order valence-electron chi connectivity index (χ1n) is 10.4. The van der Waals surface area contributed by atoms with Gasteiger partial charge in [-0.15, -0.1) is 0 Å². The standard InChI is InChI=1S/C26H28N2O/c1-20-9-7-12-23(19-20)26(29)27(2)17-8-18-28-24-13-5-3-10-21(24)15-16-22-11-4-6-14-25(22)28/h3-7,9-14,19H,8,15-18H2,1-2H3. The third-order valence-corrected chi connectivity index (χ3v) is 5.72. The fourth-order valence-electron chi connectivity index (χ4n) is 4.18. The van der Waals surface area contributed by atoms with Crippen LogP contribution in [0.5, 0.6) is 0 Å². The molecule has 3 heteroatoms. The number of fused-ring (bicyclic) bond motifs is 2. The van der Waals surface area contributed by atoms with Crippen molar-refractivity contribution in [3.8, 4) is 0 Å². The number of nitrogens with zero attached hydrogens (tertiary/aromatic N) is 2. The average molecular weight is 385 g/mol. The predicted molar refractivity (Wildman–Crippen MR) is 120 cm³/mol. The first kappa shape index (κ1) is 19.3. The Morgan fingerprint density at radius 1 is 0.897 bits per heavy atom. The highest BCUT2D eigenvalue weighted by molar-refractivity contribution is 5.94. The molecule has 0 atom stereocenters. The second-order valence-electron chi connectivity index (χ2n) is 7.86. The van der Waals surface area contributed by atoms with Crippen LogP contribution in [-0.4, -0.2) is 30.9 Å². The van der Waals surface area contributed by atoms with Gasteiger partial charge in [0, 0.05) is 37.1 Å². The summed E-state index contributed by atoms with van der Waals surface area (Å²) in [4.78, 5) is 17.0. The van der Waals surface area contributed by atoms with Crippen LogP contribution in [0.3, 0.4) is 0 Å². The number of anilines is 2.